The summed E-state index contributed by atoms with van der Waals surface area (Å²) in [5.41, 5.74) is 0. The van der Waals surface area contributed by atoms with Gasteiger partial charge in [0, 0.05) is 14.2 Å². The smallest absolute Gasteiger partial charge is 0.154 e. The number of carbonyl (C=O) groups excluding carboxylic acids is 1. The van der Waals surface area contributed by atoms with E-state index in [0.29, 0.717) is 6.29 Å². The first-order valence-electron chi connectivity index (χ1n) is 2.84. The second-order valence-corrected chi connectivity index (χ2v) is 1.41. The molecule has 60 valence electrons. The molecule has 0 unspecified atom stereocenters. The van der Waals surface area contributed by atoms with Crippen LogP contribution in [0.15, 0.2) is 12.7 Å². The largest absolute Gasteiger partial charge is 0.356 e. The van der Waals surface area contributed by atoms with Gasteiger partial charge in [-0.1, -0.05) is 6.58 Å². The van der Waals surface area contributed by atoms with Crippen molar-refractivity contribution in [1.29, 1.82) is 0 Å². The molecule has 0 aliphatic carbocycles. The van der Waals surface area contributed by atoms with Gasteiger partial charge in [0.2, 0.25) is 0 Å². The van der Waals surface area contributed by atoms with Gasteiger partial charge >= 0.3 is 0 Å². The van der Waals surface area contributed by atoms with Gasteiger partial charge in [0.25, 0.3) is 0 Å². The Balaban J connectivity index is 0. The van der Waals surface area contributed by atoms with Crippen molar-refractivity contribution in [3.05, 3.63) is 12.7 Å². The van der Waals surface area contributed by atoms with E-state index in [1.54, 1.807) is 14.2 Å². The highest BCUT2D eigenvalue weighted by Crippen LogP contribution is 1.82. The van der Waals surface area contributed by atoms with Crippen LogP contribution in [0.3, 0.4) is 0 Å². The van der Waals surface area contributed by atoms with Gasteiger partial charge in [-0.2, -0.15) is 0 Å². The molecular formula is C7H14O3. The Hall–Kier alpha value is -0.670. The lowest BCUT2D eigenvalue weighted by atomic mass is 10.8. The van der Waals surface area contributed by atoms with Crippen LogP contribution in [0.4, 0.5) is 0 Å². The van der Waals surface area contributed by atoms with Crippen LogP contribution in [0, 0.1) is 0 Å². The molecule has 10 heavy (non-hydrogen) atoms. The van der Waals surface area contributed by atoms with E-state index in [1.165, 1.54) is 6.08 Å². The molecule has 0 aromatic rings. The molecule has 0 saturated carbocycles. The number of hydrogen-bond donors (Lipinski definition) is 0. The van der Waals surface area contributed by atoms with Crippen LogP contribution in [-0.4, -0.2) is 26.8 Å². The van der Waals surface area contributed by atoms with Crippen molar-refractivity contribution in [3.8, 4) is 0 Å². The lowest BCUT2D eigenvalue weighted by molar-refractivity contribution is -0.104. The van der Waals surface area contributed by atoms with Crippen LogP contribution < -0.4 is 0 Å². The first kappa shape index (κ1) is 12.0. The summed E-state index contributed by atoms with van der Waals surface area (Å²) >= 11 is 0. The topological polar surface area (TPSA) is 35.5 Å². The fourth-order valence-electron chi connectivity index (χ4n) is 0.0962. The van der Waals surface area contributed by atoms with Gasteiger partial charge in [0.1, 0.15) is 6.29 Å². The number of carbonyl (C=O) groups is 1. The van der Waals surface area contributed by atoms with Crippen LogP contribution >= 0.6 is 0 Å². The minimum atomic E-state index is -0.0648. The van der Waals surface area contributed by atoms with Gasteiger partial charge in [-0.3, -0.25) is 4.79 Å². The Labute approximate surface area is 61.6 Å². The van der Waals surface area contributed by atoms with Crippen molar-refractivity contribution in [2.75, 3.05) is 14.2 Å². The molecule has 0 fully saturated rings. The molecular weight excluding hydrogens is 132 g/mol. The Morgan fingerprint density at radius 3 is 1.70 bits per heavy atom. The molecule has 3 nitrogen and oxygen atoms in total. The van der Waals surface area contributed by atoms with Gasteiger partial charge in [-0.15, -0.1) is 0 Å². The van der Waals surface area contributed by atoms with E-state index >= 15 is 0 Å². The summed E-state index contributed by atoms with van der Waals surface area (Å²) in [6.45, 7) is 4.94. The number of allylic oxidation sites excluding steroid dienone is 1. The highest BCUT2D eigenvalue weighted by atomic mass is 16.7. The van der Waals surface area contributed by atoms with Crippen LogP contribution in [0.5, 0.6) is 0 Å². The van der Waals surface area contributed by atoms with Crippen LogP contribution in [0.25, 0.3) is 0 Å². The van der Waals surface area contributed by atoms with E-state index in [-0.39, 0.29) is 6.29 Å². The highest BCUT2D eigenvalue weighted by molar-refractivity contribution is 5.63. The standard InChI is InChI=1S/C4H10O2.C3H4O/c1-4(5-2)6-3;1-2-3-4/h4H,1-3H3;2-3H,1H2. The summed E-state index contributed by atoms with van der Waals surface area (Å²) in [5, 5.41) is 0. The predicted molar refractivity (Wildman–Crippen MR) is 39.7 cm³/mol. The summed E-state index contributed by atoms with van der Waals surface area (Å²) in [6, 6.07) is 0. The van der Waals surface area contributed by atoms with Gasteiger partial charge in [0.05, 0.1) is 0 Å². The molecule has 0 radical (unpaired) electrons. The molecule has 0 aliphatic rings. The molecule has 0 aromatic carbocycles. The first-order chi connectivity index (χ1) is 4.72. The van der Waals surface area contributed by atoms with Crippen molar-refractivity contribution in [3.63, 3.8) is 0 Å². The lowest BCUT2D eigenvalue weighted by Crippen LogP contribution is -2.05. The molecule has 0 atom stereocenters. The summed E-state index contributed by atoms with van der Waals surface area (Å²) in [7, 11) is 3.21. The molecule has 0 saturated heterocycles. The fraction of sp³-hybridized carbons (Fsp3) is 0.571. The Morgan fingerprint density at radius 1 is 1.40 bits per heavy atom. The third kappa shape index (κ3) is 15.7. The normalized spacial score (nSPS) is 8.00. The Bertz CT molecular complexity index is 70.9. The van der Waals surface area contributed by atoms with E-state index in [1.807, 2.05) is 6.92 Å². The first-order valence-corrected chi connectivity index (χ1v) is 2.84. The predicted octanol–water partition coefficient (Wildman–Crippen LogP) is 0.996. The number of aldehydes is 1. The quantitative estimate of drug-likeness (QED) is 0.338. The molecule has 0 heterocycles. The number of hydrogen-bond acceptors (Lipinski definition) is 3. The van der Waals surface area contributed by atoms with Crippen LogP contribution in [-0.2, 0) is 14.3 Å². The SMILES string of the molecule is C=CC=O.COC(C)OC. The van der Waals surface area contributed by atoms with Crippen molar-refractivity contribution in [1.82, 2.24) is 0 Å². The van der Waals surface area contributed by atoms with Crippen molar-refractivity contribution in [2.45, 2.75) is 13.2 Å². The average Bonchev–Trinajstić information content (AvgIpc) is 2.03. The number of ether oxygens (including phenoxy) is 2. The fourth-order valence-corrected chi connectivity index (χ4v) is 0.0962. The molecule has 0 amide bonds. The summed E-state index contributed by atoms with van der Waals surface area (Å²) < 4.78 is 9.35. The maximum atomic E-state index is 9.06. The zero-order chi connectivity index (χ0) is 8.41. The zero-order valence-corrected chi connectivity index (χ0v) is 6.66. The third-order valence-corrected chi connectivity index (χ3v) is 0.760. The Morgan fingerprint density at radius 2 is 1.70 bits per heavy atom. The number of rotatable bonds is 3. The van der Waals surface area contributed by atoms with Gasteiger partial charge in [0.15, 0.2) is 6.29 Å². The number of methoxy groups -OCH3 is 2. The van der Waals surface area contributed by atoms with Crippen molar-refractivity contribution >= 4 is 6.29 Å². The second kappa shape index (κ2) is 11.2. The van der Waals surface area contributed by atoms with Crippen LogP contribution in [0.1, 0.15) is 6.92 Å². The third-order valence-electron chi connectivity index (χ3n) is 0.760. The molecule has 3 heteroatoms. The minimum absolute atomic E-state index is 0.0648. The van der Waals surface area contributed by atoms with E-state index in [0.717, 1.165) is 0 Å². The maximum absolute atomic E-state index is 9.06. The average molecular weight is 146 g/mol. The lowest BCUT2D eigenvalue weighted by Gasteiger charge is -2.03. The second-order valence-electron chi connectivity index (χ2n) is 1.41. The Kier molecular flexibility index (Phi) is 13.5. The summed E-state index contributed by atoms with van der Waals surface area (Å²) in [4.78, 5) is 9.06. The van der Waals surface area contributed by atoms with Gasteiger partial charge in [-0.25, -0.2) is 0 Å². The van der Waals surface area contributed by atoms with E-state index in [2.05, 4.69) is 16.1 Å². The van der Waals surface area contributed by atoms with Crippen LogP contribution in [0.2, 0.25) is 0 Å². The highest BCUT2D eigenvalue weighted by Gasteiger charge is 1.87. The van der Waals surface area contributed by atoms with Crippen molar-refractivity contribution in [2.24, 2.45) is 0 Å². The van der Waals surface area contributed by atoms with Gasteiger partial charge < -0.3 is 9.47 Å². The summed E-state index contributed by atoms with van der Waals surface area (Å²) in [5.74, 6) is 0. The van der Waals surface area contributed by atoms with E-state index in [9.17, 15) is 0 Å². The monoisotopic (exact) mass is 146 g/mol. The molecule has 0 rings (SSSR count). The summed E-state index contributed by atoms with van der Waals surface area (Å²) in [6.07, 6.45) is 1.77. The van der Waals surface area contributed by atoms with E-state index in [4.69, 9.17) is 4.79 Å². The molecule has 0 aromatic heterocycles. The maximum Gasteiger partial charge on any atom is 0.154 e. The molecule has 0 aliphatic heterocycles. The molecule has 0 bridgehead atoms. The van der Waals surface area contributed by atoms with E-state index < -0.39 is 0 Å². The minimum Gasteiger partial charge on any atom is -0.356 e. The van der Waals surface area contributed by atoms with Gasteiger partial charge in [-0.05, 0) is 13.0 Å². The molecule has 0 N–H and O–H groups in total. The van der Waals surface area contributed by atoms with Crippen molar-refractivity contribution < 1.29 is 14.3 Å². The zero-order valence-electron chi connectivity index (χ0n) is 6.66. The molecule has 0 spiro atoms.